The minimum atomic E-state index is -0.887. The molecule has 0 aliphatic carbocycles. The van der Waals surface area contributed by atoms with Gasteiger partial charge in [0.05, 0.1) is 6.10 Å². The number of fused-ring (bicyclic) bond motifs is 1. The highest BCUT2D eigenvalue weighted by atomic mass is 16.3. The third kappa shape index (κ3) is 3.35. The number of aliphatic hydroxyl groups is 1. The predicted molar refractivity (Wildman–Crippen MR) is 84.1 cm³/mol. The second-order valence-electron chi connectivity index (χ2n) is 4.94. The summed E-state index contributed by atoms with van der Waals surface area (Å²) >= 11 is 0. The normalized spacial score (nSPS) is 11.9. The number of para-hydroxylation sites is 1. The van der Waals surface area contributed by atoms with E-state index in [2.05, 4.69) is 17.2 Å². The zero-order valence-corrected chi connectivity index (χ0v) is 12.4. The van der Waals surface area contributed by atoms with Crippen molar-refractivity contribution in [2.75, 3.05) is 13.1 Å². The Morgan fingerprint density at radius 1 is 1.32 bits per heavy atom. The van der Waals surface area contributed by atoms with Crippen molar-refractivity contribution in [2.45, 2.75) is 6.10 Å². The fraction of sp³-hybridized carbons (Fsp3) is 0.250. The van der Waals surface area contributed by atoms with Crippen LogP contribution < -0.4 is 10.6 Å². The number of nitrogens with one attached hydrogen (secondary N) is 2. The second-order valence-corrected chi connectivity index (χ2v) is 4.94. The highest BCUT2D eigenvalue weighted by Crippen LogP contribution is 2.25. The van der Waals surface area contributed by atoms with E-state index in [0.29, 0.717) is 5.56 Å². The lowest BCUT2D eigenvalue weighted by Gasteiger charge is -2.11. The number of carbonyl (C=O) groups excluding carboxylic acids is 2. The largest absolute Gasteiger partial charge is 0.386 e. The predicted octanol–water partition coefficient (Wildman–Crippen LogP) is 0.630. The molecule has 0 aliphatic rings. The van der Waals surface area contributed by atoms with Crippen LogP contribution in [0.5, 0.6) is 0 Å². The van der Waals surface area contributed by atoms with Gasteiger partial charge in [0.2, 0.25) is 0 Å². The van der Waals surface area contributed by atoms with E-state index in [1.54, 1.807) is 0 Å². The first-order valence-corrected chi connectivity index (χ1v) is 6.93. The monoisotopic (exact) mass is 301 g/mol. The number of hydrogen-bond acceptors (Lipinski definition) is 3. The summed E-state index contributed by atoms with van der Waals surface area (Å²) in [6.07, 6.45) is 2.41. The number of benzene rings is 1. The second kappa shape index (κ2) is 6.91. The van der Waals surface area contributed by atoms with E-state index in [4.69, 9.17) is 0 Å². The number of rotatable bonds is 5. The maximum Gasteiger partial charge on any atom is 0.309 e. The molecule has 1 atom stereocenters. The van der Waals surface area contributed by atoms with Gasteiger partial charge >= 0.3 is 11.8 Å². The quantitative estimate of drug-likeness (QED) is 0.559. The Kier molecular flexibility index (Phi) is 4.95. The first-order valence-electron chi connectivity index (χ1n) is 6.93. The average molecular weight is 301 g/mol. The fourth-order valence-corrected chi connectivity index (χ4v) is 2.26. The van der Waals surface area contributed by atoms with Crippen LogP contribution in [-0.2, 0) is 16.6 Å². The molecule has 3 N–H and O–H groups in total. The maximum atomic E-state index is 11.6. The first-order chi connectivity index (χ1) is 10.5. The van der Waals surface area contributed by atoms with Crippen molar-refractivity contribution in [2.24, 2.45) is 7.05 Å². The van der Waals surface area contributed by atoms with Crippen molar-refractivity contribution in [1.29, 1.82) is 0 Å². The summed E-state index contributed by atoms with van der Waals surface area (Å²) in [5.41, 5.74) is 1.71. The fourth-order valence-electron chi connectivity index (χ4n) is 2.26. The van der Waals surface area contributed by atoms with Crippen molar-refractivity contribution in [3.63, 3.8) is 0 Å². The molecular weight excluding hydrogens is 282 g/mol. The molecule has 1 aromatic carbocycles. The van der Waals surface area contributed by atoms with Crippen LogP contribution in [0.15, 0.2) is 43.1 Å². The Balaban J connectivity index is 2.02. The summed E-state index contributed by atoms with van der Waals surface area (Å²) in [6.45, 7) is 3.64. The van der Waals surface area contributed by atoms with E-state index in [-0.39, 0.29) is 13.1 Å². The first kappa shape index (κ1) is 15.8. The van der Waals surface area contributed by atoms with Crippen LogP contribution in [0.1, 0.15) is 11.7 Å². The van der Waals surface area contributed by atoms with Crippen LogP contribution in [0.2, 0.25) is 0 Å². The van der Waals surface area contributed by atoms with Crippen LogP contribution >= 0.6 is 0 Å². The zero-order chi connectivity index (χ0) is 16.1. The smallest absolute Gasteiger partial charge is 0.309 e. The van der Waals surface area contributed by atoms with E-state index in [0.717, 1.165) is 10.9 Å². The molecule has 6 heteroatoms. The van der Waals surface area contributed by atoms with E-state index >= 15 is 0 Å². The van der Waals surface area contributed by atoms with Crippen LogP contribution in [0.25, 0.3) is 10.9 Å². The SMILES string of the molecule is C=CCNC(=O)C(=O)NCC(O)c1cn(C)c2ccccc12. The number of carbonyl (C=O) groups is 2. The summed E-state index contributed by atoms with van der Waals surface area (Å²) < 4.78 is 1.91. The summed E-state index contributed by atoms with van der Waals surface area (Å²) in [6, 6.07) is 7.67. The molecule has 1 heterocycles. The van der Waals surface area contributed by atoms with Crippen molar-refractivity contribution in [3.05, 3.63) is 48.7 Å². The molecule has 22 heavy (non-hydrogen) atoms. The van der Waals surface area contributed by atoms with Crippen LogP contribution in [0.3, 0.4) is 0 Å². The van der Waals surface area contributed by atoms with E-state index in [9.17, 15) is 14.7 Å². The molecule has 0 radical (unpaired) electrons. The van der Waals surface area contributed by atoms with Gasteiger partial charge in [-0.15, -0.1) is 6.58 Å². The molecule has 116 valence electrons. The Bertz CT molecular complexity index is 706. The van der Waals surface area contributed by atoms with Gasteiger partial charge in [-0.05, 0) is 6.07 Å². The number of nitrogens with zero attached hydrogens (tertiary/aromatic N) is 1. The molecule has 0 fully saturated rings. The molecule has 0 spiro atoms. The number of amides is 2. The number of aliphatic hydroxyl groups excluding tert-OH is 1. The molecule has 2 amide bonds. The van der Waals surface area contributed by atoms with Gasteiger partial charge in [0.25, 0.3) is 0 Å². The van der Waals surface area contributed by atoms with Crippen molar-refractivity contribution >= 4 is 22.7 Å². The molecule has 2 rings (SSSR count). The standard InChI is InChI=1S/C16H19N3O3/c1-3-8-17-15(21)16(22)18-9-14(20)12-10-19(2)13-7-5-4-6-11(12)13/h3-7,10,14,20H,1,8-9H2,2H3,(H,17,21)(H,18,22). The molecule has 1 aromatic heterocycles. The van der Waals surface area contributed by atoms with Gasteiger partial charge in [-0.2, -0.15) is 0 Å². The Labute approximate surface area is 128 Å². The lowest BCUT2D eigenvalue weighted by Crippen LogP contribution is -2.41. The summed E-state index contributed by atoms with van der Waals surface area (Å²) in [5.74, 6) is -1.52. The number of aryl methyl sites for hydroxylation is 1. The Hall–Kier alpha value is -2.60. The van der Waals surface area contributed by atoms with Gasteiger partial charge in [-0.3, -0.25) is 9.59 Å². The number of hydrogen-bond donors (Lipinski definition) is 3. The molecule has 0 bridgehead atoms. The average Bonchev–Trinajstić information content (AvgIpc) is 2.87. The summed E-state index contributed by atoms with van der Waals surface area (Å²) in [7, 11) is 1.89. The third-order valence-electron chi connectivity index (χ3n) is 3.36. The van der Waals surface area contributed by atoms with Crippen molar-refractivity contribution in [3.8, 4) is 0 Å². The minimum Gasteiger partial charge on any atom is -0.386 e. The molecular formula is C16H19N3O3. The van der Waals surface area contributed by atoms with Gasteiger partial charge in [0.1, 0.15) is 0 Å². The van der Waals surface area contributed by atoms with Crippen LogP contribution in [0, 0.1) is 0 Å². The van der Waals surface area contributed by atoms with E-state index < -0.39 is 17.9 Å². The van der Waals surface area contributed by atoms with Gasteiger partial charge in [0.15, 0.2) is 0 Å². The molecule has 0 saturated heterocycles. The maximum absolute atomic E-state index is 11.6. The minimum absolute atomic E-state index is 0.0334. The highest BCUT2D eigenvalue weighted by molar-refractivity contribution is 6.35. The molecule has 2 aromatic rings. The van der Waals surface area contributed by atoms with Gasteiger partial charge < -0.3 is 20.3 Å². The van der Waals surface area contributed by atoms with E-state index in [1.165, 1.54) is 6.08 Å². The van der Waals surface area contributed by atoms with Gasteiger partial charge in [-0.1, -0.05) is 24.3 Å². The Morgan fingerprint density at radius 3 is 2.73 bits per heavy atom. The lowest BCUT2D eigenvalue weighted by molar-refractivity contribution is -0.139. The summed E-state index contributed by atoms with van der Waals surface area (Å²) in [5, 5.41) is 16.0. The van der Waals surface area contributed by atoms with Gasteiger partial charge in [0, 0.05) is 42.8 Å². The Morgan fingerprint density at radius 2 is 2.00 bits per heavy atom. The molecule has 0 saturated carbocycles. The van der Waals surface area contributed by atoms with Crippen molar-refractivity contribution < 1.29 is 14.7 Å². The van der Waals surface area contributed by atoms with Crippen molar-refractivity contribution in [1.82, 2.24) is 15.2 Å². The lowest BCUT2D eigenvalue weighted by atomic mass is 10.1. The molecule has 0 aliphatic heterocycles. The molecule has 6 nitrogen and oxygen atoms in total. The van der Waals surface area contributed by atoms with Gasteiger partial charge in [-0.25, -0.2) is 0 Å². The van der Waals surface area contributed by atoms with E-state index in [1.807, 2.05) is 42.1 Å². The molecule has 1 unspecified atom stereocenters. The zero-order valence-electron chi connectivity index (χ0n) is 12.4. The highest BCUT2D eigenvalue weighted by Gasteiger charge is 2.17. The third-order valence-corrected chi connectivity index (χ3v) is 3.36. The number of aromatic nitrogens is 1. The van der Waals surface area contributed by atoms with Crippen LogP contribution in [0.4, 0.5) is 0 Å². The summed E-state index contributed by atoms with van der Waals surface area (Å²) in [4.78, 5) is 23.0. The topological polar surface area (TPSA) is 83.4 Å². The van der Waals surface area contributed by atoms with Crippen LogP contribution in [-0.4, -0.2) is 34.6 Å².